The lowest BCUT2D eigenvalue weighted by molar-refractivity contribution is 0.670. The van der Waals surface area contributed by atoms with E-state index in [2.05, 4.69) is 132 Å². The van der Waals surface area contributed by atoms with Gasteiger partial charge < -0.3 is 8.98 Å². The molecule has 0 unspecified atom stereocenters. The van der Waals surface area contributed by atoms with Crippen molar-refractivity contribution in [3.05, 3.63) is 140 Å². The Labute approximate surface area is 250 Å². The van der Waals surface area contributed by atoms with Gasteiger partial charge in [0.15, 0.2) is 0 Å². The molecular formula is C40H23NOS. The van der Waals surface area contributed by atoms with Crippen LogP contribution in [0.15, 0.2) is 144 Å². The molecule has 200 valence electrons. The Morgan fingerprint density at radius 3 is 2.07 bits per heavy atom. The van der Waals surface area contributed by atoms with Crippen molar-refractivity contribution >= 4 is 86.0 Å². The van der Waals surface area contributed by atoms with Crippen LogP contribution in [0.5, 0.6) is 0 Å². The second kappa shape index (κ2) is 8.57. The third kappa shape index (κ3) is 3.17. The molecule has 0 aliphatic heterocycles. The van der Waals surface area contributed by atoms with Crippen LogP contribution in [0.4, 0.5) is 0 Å². The Hall–Kier alpha value is -5.38. The van der Waals surface area contributed by atoms with Crippen LogP contribution in [0.1, 0.15) is 0 Å². The first-order valence-electron chi connectivity index (χ1n) is 14.6. The van der Waals surface area contributed by atoms with Gasteiger partial charge in [-0.1, -0.05) is 103 Å². The Bertz CT molecular complexity index is 2720. The Kier molecular flexibility index (Phi) is 4.63. The number of para-hydroxylation sites is 3. The molecule has 0 amide bonds. The largest absolute Gasteiger partial charge is 0.455 e. The molecule has 7 aromatic carbocycles. The molecule has 0 spiro atoms. The number of hydrogen-bond donors (Lipinski definition) is 0. The zero-order chi connectivity index (χ0) is 28.1. The van der Waals surface area contributed by atoms with E-state index in [1.165, 1.54) is 52.8 Å². The fourth-order valence-electron chi connectivity index (χ4n) is 7.12. The lowest BCUT2D eigenvalue weighted by atomic mass is 10.0. The standard InChI is InChI=1S/C40H23NOS/c1-4-13-34-27(8-1)30-21-20-29-31(22-23-37-38(29)33-10-3-6-15-36(33)43-37)39(30)41(34)25-18-16-24(17-19-25)26-11-7-12-32-28-9-2-5-14-35(28)42-40(26)32/h1-23H. The molecule has 0 aliphatic carbocycles. The molecule has 0 N–H and O–H groups in total. The quantitative estimate of drug-likeness (QED) is 0.204. The van der Waals surface area contributed by atoms with Gasteiger partial charge in [0.1, 0.15) is 11.2 Å². The summed E-state index contributed by atoms with van der Waals surface area (Å²) in [5.41, 5.74) is 7.73. The molecule has 10 aromatic rings. The van der Waals surface area contributed by atoms with Crippen LogP contribution in [-0.2, 0) is 0 Å². The first-order valence-corrected chi connectivity index (χ1v) is 15.4. The normalized spacial score (nSPS) is 12.2. The third-order valence-corrected chi connectivity index (χ3v) is 10.1. The highest BCUT2D eigenvalue weighted by Crippen LogP contribution is 2.43. The summed E-state index contributed by atoms with van der Waals surface area (Å²) >= 11 is 1.87. The van der Waals surface area contributed by atoms with E-state index in [1.807, 2.05) is 23.5 Å². The zero-order valence-corrected chi connectivity index (χ0v) is 23.9. The van der Waals surface area contributed by atoms with Crippen molar-refractivity contribution in [3.63, 3.8) is 0 Å². The van der Waals surface area contributed by atoms with Gasteiger partial charge in [-0.15, -0.1) is 11.3 Å². The number of hydrogen-bond acceptors (Lipinski definition) is 2. The number of nitrogens with zero attached hydrogens (tertiary/aromatic N) is 1. The van der Waals surface area contributed by atoms with E-state index in [1.54, 1.807) is 0 Å². The highest BCUT2D eigenvalue weighted by molar-refractivity contribution is 7.26. The number of thiophene rings is 1. The molecule has 10 rings (SSSR count). The van der Waals surface area contributed by atoms with Crippen molar-refractivity contribution in [2.75, 3.05) is 0 Å². The lowest BCUT2D eigenvalue weighted by Gasteiger charge is -2.12. The van der Waals surface area contributed by atoms with Gasteiger partial charge >= 0.3 is 0 Å². The molecule has 3 aromatic heterocycles. The smallest absolute Gasteiger partial charge is 0.143 e. The van der Waals surface area contributed by atoms with E-state index in [0.717, 1.165) is 38.8 Å². The van der Waals surface area contributed by atoms with Gasteiger partial charge in [-0.3, -0.25) is 0 Å². The molecule has 3 heterocycles. The van der Waals surface area contributed by atoms with Crippen LogP contribution >= 0.6 is 11.3 Å². The maximum absolute atomic E-state index is 6.36. The van der Waals surface area contributed by atoms with Gasteiger partial charge in [0.05, 0.1) is 11.0 Å². The second-order valence-electron chi connectivity index (χ2n) is 11.3. The minimum Gasteiger partial charge on any atom is -0.455 e. The average molecular weight is 566 g/mol. The van der Waals surface area contributed by atoms with E-state index < -0.39 is 0 Å². The van der Waals surface area contributed by atoms with E-state index in [0.29, 0.717) is 0 Å². The summed E-state index contributed by atoms with van der Waals surface area (Å²) in [7, 11) is 0. The molecule has 2 nitrogen and oxygen atoms in total. The zero-order valence-electron chi connectivity index (χ0n) is 23.0. The van der Waals surface area contributed by atoms with Crippen LogP contribution in [-0.4, -0.2) is 4.57 Å². The maximum atomic E-state index is 6.36. The van der Waals surface area contributed by atoms with E-state index in [4.69, 9.17) is 4.42 Å². The Morgan fingerprint density at radius 2 is 1.16 bits per heavy atom. The van der Waals surface area contributed by atoms with Gasteiger partial charge in [-0.2, -0.15) is 0 Å². The predicted molar refractivity (Wildman–Crippen MR) is 184 cm³/mol. The monoisotopic (exact) mass is 565 g/mol. The SMILES string of the molecule is c1ccc2c(c1)oc1c(-c3ccc(-n4c5ccccc5c5ccc6c(ccc7sc8ccccc8c76)c54)cc3)cccc12. The minimum absolute atomic E-state index is 0.922. The van der Waals surface area contributed by atoms with Gasteiger partial charge in [0.2, 0.25) is 0 Å². The molecule has 0 saturated heterocycles. The number of aromatic nitrogens is 1. The summed E-state index contributed by atoms with van der Waals surface area (Å²) in [6.45, 7) is 0. The van der Waals surface area contributed by atoms with E-state index in [-0.39, 0.29) is 0 Å². The summed E-state index contributed by atoms with van der Waals surface area (Å²) < 4.78 is 11.5. The van der Waals surface area contributed by atoms with Crippen LogP contribution < -0.4 is 0 Å². The molecule has 0 aliphatic rings. The highest BCUT2D eigenvalue weighted by Gasteiger charge is 2.18. The van der Waals surface area contributed by atoms with E-state index in [9.17, 15) is 0 Å². The number of benzene rings is 7. The van der Waals surface area contributed by atoms with Gasteiger partial charge in [-0.05, 0) is 47.3 Å². The summed E-state index contributed by atoms with van der Waals surface area (Å²) in [5.74, 6) is 0. The molecule has 0 atom stereocenters. The number of fused-ring (bicyclic) bond motifs is 12. The summed E-state index contributed by atoms with van der Waals surface area (Å²) in [5, 5.41) is 10.1. The Balaban J connectivity index is 1.23. The molecule has 0 fully saturated rings. The summed E-state index contributed by atoms with van der Waals surface area (Å²) in [6.07, 6.45) is 0. The maximum Gasteiger partial charge on any atom is 0.143 e. The average Bonchev–Trinajstić information content (AvgIpc) is 3.74. The number of rotatable bonds is 2. The first kappa shape index (κ1) is 23.2. The topological polar surface area (TPSA) is 18.1 Å². The van der Waals surface area contributed by atoms with Crippen LogP contribution in [0.2, 0.25) is 0 Å². The lowest BCUT2D eigenvalue weighted by Crippen LogP contribution is -1.94. The van der Waals surface area contributed by atoms with Crippen molar-refractivity contribution < 1.29 is 4.42 Å². The van der Waals surface area contributed by atoms with Crippen LogP contribution in [0.3, 0.4) is 0 Å². The minimum atomic E-state index is 0.922. The summed E-state index contributed by atoms with van der Waals surface area (Å²) in [4.78, 5) is 0. The molecule has 43 heavy (non-hydrogen) atoms. The molecular weight excluding hydrogens is 543 g/mol. The molecule has 3 heteroatoms. The van der Waals surface area contributed by atoms with Crippen molar-refractivity contribution in [2.24, 2.45) is 0 Å². The fourth-order valence-corrected chi connectivity index (χ4v) is 8.24. The van der Waals surface area contributed by atoms with Gasteiger partial charge in [-0.25, -0.2) is 0 Å². The van der Waals surface area contributed by atoms with Crippen LogP contribution in [0.25, 0.3) is 91.5 Å². The predicted octanol–water partition coefficient (Wildman–Crippen LogP) is 11.9. The van der Waals surface area contributed by atoms with Crippen molar-refractivity contribution in [1.82, 2.24) is 4.57 Å². The van der Waals surface area contributed by atoms with Crippen molar-refractivity contribution in [3.8, 4) is 16.8 Å². The first-order chi connectivity index (χ1) is 21.3. The van der Waals surface area contributed by atoms with Gasteiger partial charge in [0, 0.05) is 58.4 Å². The number of furan rings is 1. The fraction of sp³-hybridized carbons (Fsp3) is 0. The molecule has 0 radical (unpaired) electrons. The second-order valence-corrected chi connectivity index (χ2v) is 12.4. The van der Waals surface area contributed by atoms with E-state index >= 15 is 0 Å². The molecule has 0 saturated carbocycles. The Morgan fingerprint density at radius 1 is 0.465 bits per heavy atom. The summed E-state index contributed by atoms with van der Waals surface area (Å²) in [6, 6.07) is 50.5. The highest BCUT2D eigenvalue weighted by atomic mass is 32.1. The van der Waals surface area contributed by atoms with Gasteiger partial charge in [0.25, 0.3) is 0 Å². The van der Waals surface area contributed by atoms with Crippen molar-refractivity contribution in [2.45, 2.75) is 0 Å². The molecule has 0 bridgehead atoms. The van der Waals surface area contributed by atoms with Crippen molar-refractivity contribution in [1.29, 1.82) is 0 Å². The third-order valence-electron chi connectivity index (χ3n) is 9.01. The van der Waals surface area contributed by atoms with Crippen LogP contribution in [0, 0.1) is 0 Å².